The van der Waals surface area contributed by atoms with Crippen LogP contribution in [-0.2, 0) is 25.7 Å². The minimum absolute atomic E-state index is 0.753. The van der Waals surface area contributed by atoms with Gasteiger partial charge in [-0.15, -0.1) is 0 Å². The number of pyridine rings is 1. The normalized spacial score (nSPS) is 22.6. The maximum Gasteiger partial charge on any atom is 0.0638 e. The zero-order chi connectivity index (χ0) is 13.5. The molecule has 2 heteroatoms. The summed E-state index contributed by atoms with van der Waals surface area (Å²) in [6, 6.07) is 0.753. The Morgan fingerprint density at radius 2 is 1.30 bits per heavy atom. The highest BCUT2D eigenvalue weighted by Gasteiger charge is 2.28. The third kappa shape index (κ3) is 1.88. The van der Waals surface area contributed by atoms with Crippen molar-refractivity contribution >= 4 is 0 Å². The van der Waals surface area contributed by atoms with Crippen molar-refractivity contribution in [3.05, 3.63) is 27.9 Å². The first-order valence-corrected chi connectivity index (χ1v) is 8.69. The molecule has 2 nitrogen and oxygen atoms in total. The van der Waals surface area contributed by atoms with Crippen LogP contribution in [0.15, 0.2) is 0 Å². The summed E-state index contributed by atoms with van der Waals surface area (Å²) in [5, 5.41) is 9.53. The lowest BCUT2D eigenvalue weighted by Crippen LogP contribution is -2.30. The van der Waals surface area contributed by atoms with Gasteiger partial charge < -0.3 is 9.98 Å². The first kappa shape index (κ1) is 12.7. The van der Waals surface area contributed by atoms with Gasteiger partial charge in [-0.1, -0.05) is 19.3 Å². The quantitative estimate of drug-likeness (QED) is 0.803. The Morgan fingerprint density at radius 3 is 2.05 bits per heavy atom. The van der Waals surface area contributed by atoms with Gasteiger partial charge >= 0.3 is 0 Å². The average Bonchev–Trinajstić information content (AvgIpc) is 2.98. The highest BCUT2D eigenvalue weighted by atomic mass is 15.0. The molecule has 0 saturated heterocycles. The summed E-state index contributed by atoms with van der Waals surface area (Å²) in [5.41, 5.74) is 5.95. The van der Waals surface area contributed by atoms with Gasteiger partial charge in [0.2, 0.25) is 0 Å². The fourth-order valence-electron chi connectivity index (χ4n) is 4.81. The minimum Gasteiger partial charge on any atom is -0.345 e. The number of rotatable bonds is 1. The van der Waals surface area contributed by atoms with E-state index >= 15 is 0 Å². The standard InChI is InChI=1S/C18H26N2/c19-18-14-9-4-5-11-16(14)20(13-7-2-1-3-8-13)17-12-6-10-15(17)18/h13,19H,1-12H2. The van der Waals surface area contributed by atoms with Crippen LogP contribution in [0, 0.1) is 5.41 Å². The molecular formula is C18H26N2. The van der Waals surface area contributed by atoms with E-state index in [2.05, 4.69) is 4.57 Å². The molecule has 20 heavy (non-hydrogen) atoms. The molecule has 108 valence electrons. The molecular weight excluding hydrogens is 244 g/mol. The van der Waals surface area contributed by atoms with Crippen molar-refractivity contribution < 1.29 is 0 Å². The van der Waals surface area contributed by atoms with Gasteiger partial charge in [-0.3, -0.25) is 0 Å². The fraction of sp³-hybridized carbons (Fsp3) is 0.722. The summed E-state index contributed by atoms with van der Waals surface area (Å²) in [6.45, 7) is 0. The summed E-state index contributed by atoms with van der Waals surface area (Å²) >= 11 is 0. The van der Waals surface area contributed by atoms with Crippen LogP contribution in [0.2, 0.25) is 0 Å². The summed E-state index contributed by atoms with van der Waals surface area (Å²) in [7, 11) is 0. The first-order chi connectivity index (χ1) is 9.86. The van der Waals surface area contributed by atoms with E-state index in [1.165, 1.54) is 75.3 Å². The van der Waals surface area contributed by atoms with E-state index in [1.807, 2.05) is 0 Å². The summed E-state index contributed by atoms with van der Waals surface area (Å²) in [4.78, 5) is 0. The molecule has 3 aliphatic carbocycles. The molecule has 1 aromatic rings. The van der Waals surface area contributed by atoms with E-state index in [-0.39, 0.29) is 0 Å². The van der Waals surface area contributed by atoms with Gasteiger partial charge in [0.05, 0.1) is 5.36 Å². The predicted octanol–water partition coefficient (Wildman–Crippen LogP) is 3.84. The zero-order valence-corrected chi connectivity index (χ0v) is 12.5. The summed E-state index contributed by atoms with van der Waals surface area (Å²) in [5.74, 6) is 0. The van der Waals surface area contributed by atoms with Gasteiger partial charge in [-0.2, -0.15) is 0 Å². The van der Waals surface area contributed by atoms with E-state index in [4.69, 9.17) is 5.41 Å². The second-order valence-electron chi connectivity index (χ2n) is 6.95. The van der Waals surface area contributed by atoms with E-state index in [0.29, 0.717) is 0 Å². The highest BCUT2D eigenvalue weighted by molar-refractivity contribution is 5.36. The van der Waals surface area contributed by atoms with E-state index in [9.17, 15) is 0 Å². The number of aromatic nitrogens is 1. The van der Waals surface area contributed by atoms with Gasteiger partial charge in [0.1, 0.15) is 0 Å². The van der Waals surface area contributed by atoms with Gasteiger partial charge in [0.25, 0.3) is 0 Å². The molecule has 0 spiro atoms. The first-order valence-electron chi connectivity index (χ1n) is 8.69. The molecule has 1 fully saturated rings. The topological polar surface area (TPSA) is 28.8 Å². The largest absolute Gasteiger partial charge is 0.345 e. The lowest BCUT2D eigenvalue weighted by Gasteiger charge is -2.33. The van der Waals surface area contributed by atoms with Gasteiger partial charge in [-0.25, -0.2) is 0 Å². The Bertz CT molecular complexity index is 576. The Hall–Kier alpha value is -1.05. The van der Waals surface area contributed by atoms with Crippen molar-refractivity contribution in [1.29, 1.82) is 5.41 Å². The van der Waals surface area contributed by atoms with Crippen molar-refractivity contribution in [2.45, 2.75) is 83.1 Å². The third-order valence-corrected chi connectivity index (χ3v) is 5.75. The van der Waals surface area contributed by atoms with Gasteiger partial charge in [-0.05, 0) is 68.9 Å². The maximum atomic E-state index is 8.60. The minimum atomic E-state index is 0.753. The fourth-order valence-corrected chi connectivity index (χ4v) is 4.81. The van der Waals surface area contributed by atoms with Crippen LogP contribution in [0.4, 0.5) is 0 Å². The molecule has 0 unspecified atom stereocenters. The molecule has 0 bridgehead atoms. The van der Waals surface area contributed by atoms with Crippen LogP contribution in [0.25, 0.3) is 0 Å². The van der Waals surface area contributed by atoms with Crippen molar-refractivity contribution in [2.75, 3.05) is 0 Å². The van der Waals surface area contributed by atoms with Crippen molar-refractivity contribution in [2.24, 2.45) is 0 Å². The van der Waals surface area contributed by atoms with E-state index in [1.54, 1.807) is 11.4 Å². The molecule has 1 aromatic heterocycles. The number of nitrogens with one attached hydrogen (secondary N) is 1. The summed E-state index contributed by atoms with van der Waals surface area (Å²) in [6.07, 6.45) is 15.7. The number of fused-ring (bicyclic) bond motifs is 2. The smallest absolute Gasteiger partial charge is 0.0638 e. The summed E-state index contributed by atoms with van der Waals surface area (Å²) < 4.78 is 2.76. The Balaban J connectivity index is 1.91. The Kier molecular flexibility index (Phi) is 3.20. The molecule has 3 aliphatic rings. The highest BCUT2D eigenvalue weighted by Crippen LogP contribution is 2.35. The number of hydrogen-bond donors (Lipinski definition) is 1. The molecule has 0 atom stereocenters. The lowest BCUT2D eigenvalue weighted by atomic mass is 9.89. The van der Waals surface area contributed by atoms with E-state index in [0.717, 1.165) is 24.2 Å². The van der Waals surface area contributed by atoms with Crippen LogP contribution < -0.4 is 5.36 Å². The average molecular weight is 270 g/mol. The number of hydrogen-bond acceptors (Lipinski definition) is 1. The molecule has 0 aliphatic heterocycles. The lowest BCUT2D eigenvalue weighted by molar-refractivity contribution is 0.333. The third-order valence-electron chi connectivity index (χ3n) is 5.75. The predicted molar refractivity (Wildman–Crippen MR) is 81.1 cm³/mol. The van der Waals surface area contributed by atoms with E-state index < -0.39 is 0 Å². The van der Waals surface area contributed by atoms with Crippen LogP contribution in [0.5, 0.6) is 0 Å². The molecule has 1 N–H and O–H groups in total. The van der Waals surface area contributed by atoms with Crippen molar-refractivity contribution in [3.8, 4) is 0 Å². The second-order valence-corrected chi connectivity index (χ2v) is 6.95. The SMILES string of the molecule is N=c1c2c(n(C3CCCCC3)c3c1CCC3)CCCC2. The van der Waals surface area contributed by atoms with Crippen LogP contribution in [0.3, 0.4) is 0 Å². The van der Waals surface area contributed by atoms with Crippen LogP contribution >= 0.6 is 0 Å². The molecule has 0 aromatic carbocycles. The second kappa shape index (κ2) is 5.05. The van der Waals surface area contributed by atoms with Crippen molar-refractivity contribution in [1.82, 2.24) is 4.57 Å². The van der Waals surface area contributed by atoms with Crippen LogP contribution in [0.1, 0.15) is 79.9 Å². The monoisotopic (exact) mass is 270 g/mol. The molecule has 0 radical (unpaired) electrons. The van der Waals surface area contributed by atoms with Crippen molar-refractivity contribution in [3.63, 3.8) is 0 Å². The molecule has 1 heterocycles. The van der Waals surface area contributed by atoms with Gasteiger partial charge in [0.15, 0.2) is 0 Å². The maximum absolute atomic E-state index is 8.60. The van der Waals surface area contributed by atoms with Crippen LogP contribution in [-0.4, -0.2) is 4.57 Å². The molecule has 1 saturated carbocycles. The zero-order valence-electron chi connectivity index (χ0n) is 12.5. The van der Waals surface area contributed by atoms with Gasteiger partial charge in [0, 0.05) is 17.4 Å². The Morgan fingerprint density at radius 1 is 0.700 bits per heavy atom. The molecule has 4 rings (SSSR count). The Labute approximate surface area is 121 Å². The number of nitrogens with zero attached hydrogens (tertiary/aromatic N) is 1. The molecule has 0 amide bonds.